The van der Waals surface area contributed by atoms with E-state index >= 15 is 0 Å². The zero-order valence-corrected chi connectivity index (χ0v) is 10.4. The average Bonchev–Trinajstić information content (AvgIpc) is 2.15. The summed E-state index contributed by atoms with van der Waals surface area (Å²) in [5, 5.41) is 0. The maximum atomic E-state index is 5.56. The number of rotatable bonds is 7. The molecule has 0 N–H and O–H groups in total. The molecule has 0 unspecified atom stereocenters. The first-order valence-corrected chi connectivity index (χ1v) is 5.27. The molecule has 0 aromatic heterocycles. The Labute approximate surface area is 93.9 Å². The first-order valence-electron chi connectivity index (χ1n) is 5.27. The molecule has 0 bridgehead atoms. The molecule has 15 heavy (non-hydrogen) atoms. The minimum Gasteiger partial charge on any atom is -0.492 e. The monoisotopic (exact) mass is 209 g/mol. The van der Waals surface area contributed by atoms with E-state index in [1.54, 1.807) is 6.08 Å². The zero-order chi connectivity index (χ0) is 11.8. The topological polar surface area (TPSA) is 12.5 Å². The van der Waals surface area contributed by atoms with Crippen molar-refractivity contribution in [2.45, 2.75) is 13.8 Å². The minimum absolute atomic E-state index is 0.442. The molecule has 0 saturated carbocycles. The molecule has 2 heteroatoms. The summed E-state index contributed by atoms with van der Waals surface area (Å²) < 4.78 is 5.56. The lowest BCUT2D eigenvalue weighted by molar-refractivity contribution is 0.193. The second-order valence-electron chi connectivity index (χ2n) is 4.13. The molecule has 0 heterocycles. The van der Waals surface area contributed by atoms with Gasteiger partial charge in [-0.25, -0.2) is 0 Å². The molecular formula is C13H23NO. The Balaban J connectivity index is 4.13. The molecule has 0 atom stereocenters. The van der Waals surface area contributed by atoms with Crippen molar-refractivity contribution in [1.82, 2.24) is 4.90 Å². The largest absolute Gasteiger partial charge is 0.492 e. The van der Waals surface area contributed by atoms with Crippen LogP contribution in [0.4, 0.5) is 0 Å². The smallest absolute Gasteiger partial charge is 0.119 e. The van der Waals surface area contributed by atoms with Gasteiger partial charge in [0.1, 0.15) is 12.4 Å². The molecule has 86 valence electrons. The lowest BCUT2D eigenvalue weighted by atomic mass is 10.0. The molecule has 0 rings (SSSR count). The van der Waals surface area contributed by atoms with Gasteiger partial charge in [0.15, 0.2) is 0 Å². The lowest BCUT2D eigenvalue weighted by Crippen LogP contribution is -2.17. The van der Waals surface area contributed by atoms with Crippen molar-refractivity contribution in [2.24, 2.45) is 5.92 Å². The van der Waals surface area contributed by atoms with Crippen LogP contribution < -0.4 is 0 Å². The van der Waals surface area contributed by atoms with Crippen molar-refractivity contribution < 1.29 is 4.74 Å². The third-order valence-electron chi connectivity index (χ3n) is 2.08. The Bertz CT molecular complexity index is 239. The van der Waals surface area contributed by atoms with Crippen molar-refractivity contribution in [3.8, 4) is 0 Å². The SMILES string of the molecule is C=C/C(=C\C(=C)C(C)C)OCCN(C)C. The highest BCUT2D eigenvalue weighted by atomic mass is 16.5. The molecular weight excluding hydrogens is 186 g/mol. The van der Waals surface area contributed by atoms with Gasteiger partial charge in [0.05, 0.1) is 0 Å². The quantitative estimate of drug-likeness (QED) is 0.472. The number of nitrogens with zero attached hydrogens (tertiary/aromatic N) is 1. The van der Waals surface area contributed by atoms with E-state index in [0.29, 0.717) is 12.5 Å². The summed E-state index contributed by atoms with van der Waals surface area (Å²) in [5.74, 6) is 1.24. The fraction of sp³-hybridized carbons (Fsp3) is 0.538. The summed E-state index contributed by atoms with van der Waals surface area (Å²) in [4.78, 5) is 2.08. The Hall–Kier alpha value is -1.02. The highest BCUT2D eigenvalue weighted by molar-refractivity contribution is 5.24. The predicted octanol–water partition coefficient (Wildman–Crippen LogP) is 2.85. The first kappa shape index (κ1) is 14.0. The maximum Gasteiger partial charge on any atom is 0.119 e. The van der Waals surface area contributed by atoms with Gasteiger partial charge in [-0.3, -0.25) is 0 Å². The van der Waals surface area contributed by atoms with Crippen molar-refractivity contribution in [3.63, 3.8) is 0 Å². The average molecular weight is 209 g/mol. The number of hydrogen-bond donors (Lipinski definition) is 0. The van der Waals surface area contributed by atoms with E-state index in [-0.39, 0.29) is 0 Å². The maximum absolute atomic E-state index is 5.56. The lowest BCUT2D eigenvalue weighted by Gasteiger charge is -2.12. The summed E-state index contributed by atoms with van der Waals surface area (Å²) in [6, 6.07) is 0. The van der Waals surface area contributed by atoms with Crippen molar-refractivity contribution >= 4 is 0 Å². The van der Waals surface area contributed by atoms with Gasteiger partial charge in [0.25, 0.3) is 0 Å². The Morgan fingerprint density at radius 1 is 1.40 bits per heavy atom. The van der Waals surface area contributed by atoms with Gasteiger partial charge >= 0.3 is 0 Å². The predicted molar refractivity (Wildman–Crippen MR) is 66.8 cm³/mol. The van der Waals surface area contributed by atoms with Crippen molar-refractivity contribution in [3.05, 3.63) is 36.6 Å². The van der Waals surface area contributed by atoms with Crippen LogP contribution in [-0.4, -0.2) is 32.1 Å². The second kappa shape index (κ2) is 7.30. The van der Waals surface area contributed by atoms with E-state index in [1.807, 2.05) is 20.2 Å². The standard InChI is InChI=1S/C13H23NO/c1-7-13(10-12(4)11(2)3)15-9-8-14(5)6/h7,10-11H,1,4,8-9H2,2-3,5-6H3/b13-10+. The van der Waals surface area contributed by atoms with Crippen LogP contribution in [0.25, 0.3) is 0 Å². The van der Waals surface area contributed by atoms with Crippen LogP contribution in [0, 0.1) is 5.92 Å². The third kappa shape index (κ3) is 6.97. The van der Waals surface area contributed by atoms with E-state index in [4.69, 9.17) is 4.74 Å². The Morgan fingerprint density at radius 2 is 2.00 bits per heavy atom. The minimum atomic E-state index is 0.442. The molecule has 0 aliphatic heterocycles. The van der Waals surface area contributed by atoms with Crippen LogP contribution >= 0.6 is 0 Å². The normalized spacial score (nSPS) is 12.0. The first-order chi connectivity index (χ1) is 6.97. The zero-order valence-electron chi connectivity index (χ0n) is 10.4. The van der Waals surface area contributed by atoms with E-state index in [1.165, 1.54) is 0 Å². The molecule has 0 saturated heterocycles. The van der Waals surface area contributed by atoms with Crippen LogP contribution in [0.15, 0.2) is 36.6 Å². The molecule has 0 radical (unpaired) electrons. The van der Waals surface area contributed by atoms with Crippen LogP contribution in [-0.2, 0) is 4.74 Å². The number of hydrogen-bond acceptors (Lipinski definition) is 2. The van der Waals surface area contributed by atoms with Crippen LogP contribution in [0.3, 0.4) is 0 Å². The molecule has 0 aliphatic rings. The molecule has 2 nitrogen and oxygen atoms in total. The van der Waals surface area contributed by atoms with Crippen molar-refractivity contribution in [1.29, 1.82) is 0 Å². The molecule has 0 spiro atoms. The fourth-order valence-corrected chi connectivity index (χ4v) is 0.855. The number of allylic oxidation sites excluding steroid dienone is 3. The second-order valence-corrected chi connectivity index (χ2v) is 4.13. The van der Waals surface area contributed by atoms with Gasteiger partial charge in [-0.1, -0.05) is 27.0 Å². The molecule has 0 fully saturated rings. The van der Waals surface area contributed by atoms with Gasteiger partial charge in [-0.2, -0.15) is 0 Å². The Morgan fingerprint density at radius 3 is 2.40 bits per heavy atom. The molecule has 0 aromatic carbocycles. The van der Waals surface area contributed by atoms with Gasteiger partial charge in [0, 0.05) is 6.54 Å². The third-order valence-corrected chi connectivity index (χ3v) is 2.08. The van der Waals surface area contributed by atoms with E-state index in [2.05, 4.69) is 31.9 Å². The van der Waals surface area contributed by atoms with Gasteiger partial charge in [0.2, 0.25) is 0 Å². The summed E-state index contributed by atoms with van der Waals surface area (Å²) >= 11 is 0. The van der Waals surface area contributed by atoms with Gasteiger partial charge in [-0.05, 0) is 37.7 Å². The van der Waals surface area contributed by atoms with Gasteiger partial charge < -0.3 is 9.64 Å². The van der Waals surface area contributed by atoms with E-state index < -0.39 is 0 Å². The van der Waals surface area contributed by atoms with E-state index in [9.17, 15) is 0 Å². The summed E-state index contributed by atoms with van der Waals surface area (Å²) in [6.45, 7) is 13.5. The molecule has 0 aliphatic carbocycles. The summed E-state index contributed by atoms with van der Waals surface area (Å²) in [6.07, 6.45) is 3.68. The number of ether oxygens (including phenoxy) is 1. The highest BCUT2D eigenvalue weighted by Crippen LogP contribution is 2.12. The van der Waals surface area contributed by atoms with E-state index in [0.717, 1.165) is 17.9 Å². The summed E-state index contributed by atoms with van der Waals surface area (Å²) in [5.41, 5.74) is 1.06. The molecule has 0 aromatic rings. The molecule has 0 amide bonds. The van der Waals surface area contributed by atoms with Gasteiger partial charge in [-0.15, -0.1) is 0 Å². The van der Waals surface area contributed by atoms with Crippen LogP contribution in [0.1, 0.15) is 13.8 Å². The number of likely N-dealkylation sites (N-methyl/N-ethyl adjacent to an activating group) is 1. The Kier molecular flexibility index (Phi) is 6.80. The van der Waals surface area contributed by atoms with Crippen LogP contribution in [0.2, 0.25) is 0 Å². The highest BCUT2D eigenvalue weighted by Gasteiger charge is 1.99. The summed E-state index contributed by atoms with van der Waals surface area (Å²) in [7, 11) is 4.04. The van der Waals surface area contributed by atoms with Crippen molar-refractivity contribution in [2.75, 3.05) is 27.2 Å². The fourth-order valence-electron chi connectivity index (χ4n) is 0.855. The van der Waals surface area contributed by atoms with Crippen LogP contribution in [0.5, 0.6) is 0 Å².